The normalized spacial score (nSPS) is 15.9. The van der Waals surface area contributed by atoms with Crippen LogP contribution in [0.2, 0.25) is 0 Å². The van der Waals surface area contributed by atoms with Gasteiger partial charge in [0.15, 0.2) is 0 Å². The van der Waals surface area contributed by atoms with Crippen LogP contribution in [0.5, 0.6) is 0 Å². The van der Waals surface area contributed by atoms with E-state index in [4.69, 9.17) is 5.73 Å². The van der Waals surface area contributed by atoms with E-state index in [-0.39, 0.29) is 0 Å². The molecule has 10 aromatic rings. The minimum Gasteiger partial charge on any atom is -0.398 e. The summed E-state index contributed by atoms with van der Waals surface area (Å²) in [5.74, 6) is 0. The number of nitrogens with two attached hydrogens (primary N) is 1. The maximum Gasteiger partial charge on any atom is 0.0765 e. The number of aromatic nitrogens is 2. The van der Waals surface area contributed by atoms with Crippen molar-refractivity contribution in [2.75, 3.05) is 0 Å². The van der Waals surface area contributed by atoms with E-state index in [0.717, 1.165) is 34.4 Å². The molecule has 0 fully saturated rings. The number of fused-ring (bicyclic) bond motifs is 14. The van der Waals surface area contributed by atoms with Crippen LogP contribution < -0.4 is 5.73 Å². The van der Waals surface area contributed by atoms with Gasteiger partial charge in [-0.05, 0) is 82.3 Å². The van der Waals surface area contributed by atoms with Gasteiger partial charge in [0.25, 0.3) is 0 Å². The highest BCUT2D eigenvalue weighted by atomic mass is 32.2. The molecule has 0 bridgehead atoms. The summed E-state index contributed by atoms with van der Waals surface area (Å²) in [5.41, 5.74) is 21.7. The standard InChI is InChI=1S/C54H37N3S/c55-46(36-18-5-2-6-19-36)32-37(31-30-35-16-3-1-4-17-35)56-47-26-11-8-21-39(47)41-33-52-45(34-50(41)56)54(43-24-10-14-29-51(43)58-52)42-23-9-13-28-49(42)57-48-27-12-7-20-38(48)40-22-15-25-44(54)53(40)57/h1-29,31-34H,30,55H2/b37-31+,46-32-. The monoisotopic (exact) mass is 759 g/mol. The Balaban J connectivity index is 1.21. The maximum atomic E-state index is 7.01. The van der Waals surface area contributed by atoms with Crippen LogP contribution in [-0.2, 0) is 11.8 Å². The van der Waals surface area contributed by atoms with Crippen molar-refractivity contribution in [2.45, 2.75) is 21.6 Å². The van der Waals surface area contributed by atoms with Gasteiger partial charge in [-0.25, -0.2) is 0 Å². The highest BCUT2D eigenvalue weighted by Gasteiger charge is 2.49. The summed E-state index contributed by atoms with van der Waals surface area (Å²) >= 11 is 1.89. The Morgan fingerprint density at radius 2 is 1.16 bits per heavy atom. The highest BCUT2D eigenvalue weighted by molar-refractivity contribution is 7.99. The molecule has 4 heteroatoms. The fraction of sp³-hybridized carbons (Fsp3) is 0.0370. The third kappa shape index (κ3) is 4.64. The van der Waals surface area contributed by atoms with Crippen LogP contribution in [0.25, 0.3) is 60.7 Å². The number of nitrogens with zero attached hydrogens (tertiary/aromatic N) is 2. The average Bonchev–Trinajstić information content (AvgIpc) is 3.79. The zero-order valence-corrected chi connectivity index (χ0v) is 32.5. The maximum absolute atomic E-state index is 7.01. The molecule has 0 aliphatic carbocycles. The Morgan fingerprint density at radius 1 is 0.517 bits per heavy atom. The smallest absolute Gasteiger partial charge is 0.0765 e. The first-order valence-electron chi connectivity index (χ1n) is 19.9. The molecule has 12 rings (SSSR count). The summed E-state index contributed by atoms with van der Waals surface area (Å²) in [5, 5.41) is 5.00. The molecule has 274 valence electrons. The first kappa shape index (κ1) is 33.2. The fourth-order valence-electron chi connectivity index (χ4n) is 9.99. The lowest BCUT2D eigenvalue weighted by Crippen LogP contribution is -2.37. The SMILES string of the molecule is N/C(=C\C(=C/Cc1ccccc1)n1c2ccccc2c2cc3c(cc21)C1(c2ccccc2S3)c2ccccc2-n2c3ccccc3c3cccc1c32)c1ccccc1. The van der Waals surface area contributed by atoms with Gasteiger partial charge in [-0.15, -0.1) is 0 Å². The van der Waals surface area contributed by atoms with Crippen molar-refractivity contribution in [1.29, 1.82) is 0 Å². The second-order valence-electron chi connectivity index (χ2n) is 15.4. The molecule has 2 aromatic heterocycles. The molecule has 2 aliphatic rings. The molecule has 3 nitrogen and oxygen atoms in total. The molecule has 4 heterocycles. The topological polar surface area (TPSA) is 35.9 Å². The van der Waals surface area contributed by atoms with Crippen LogP contribution in [0.1, 0.15) is 33.4 Å². The number of hydrogen-bond acceptors (Lipinski definition) is 2. The minimum atomic E-state index is -0.583. The Morgan fingerprint density at radius 3 is 1.98 bits per heavy atom. The Bertz CT molecular complexity index is 3350. The predicted molar refractivity (Wildman–Crippen MR) is 243 cm³/mol. The van der Waals surface area contributed by atoms with Gasteiger partial charge < -0.3 is 14.9 Å². The summed E-state index contributed by atoms with van der Waals surface area (Å²) < 4.78 is 4.97. The number of hydrogen-bond donors (Lipinski definition) is 1. The van der Waals surface area contributed by atoms with Gasteiger partial charge in [0.2, 0.25) is 0 Å². The molecule has 1 spiro atoms. The summed E-state index contributed by atoms with van der Waals surface area (Å²) in [6, 6.07) is 68.8. The van der Waals surface area contributed by atoms with E-state index in [1.165, 1.54) is 75.9 Å². The van der Waals surface area contributed by atoms with Crippen LogP contribution >= 0.6 is 11.8 Å². The summed E-state index contributed by atoms with van der Waals surface area (Å²) in [4.78, 5) is 2.57. The van der Waals surface area contributed by atoms with Gasteiger partial charge in [0.05, 0.1) is 33.2 Å². The average molecular weight is 760 g/mol. The molecule has 2 aliphatic heterocycles. The van der Waals surface area contributed by atoms with E-state index in [1.54, 1.807) is 0 Å². The lowest BCUT2D eigenvalue weighted by molar-refractivity contribution is 0.691. The van der Waals surface area contributed by atoms with E-state index in [0.29, 0.717) is 0 Å². The van der Waals surface area contributed by atoms with Crippen molar-refractivity contribution >= 4 is 66.8 Å². The third-order valence-corrected chi connectivity index (χ3v) is 13.5. The molecule has 8 aromatic carbocycles. The van der Waals surface area contributed by atoms with Crippen molar-refractivity contribution < 1.29 is 0 Å². The quantitative estimate of drug-likeness (QED) is 0.177. The minimum absolute atomic E-state index is 0.583. The van der Waals surface area contributed by atoms with Gasteiger partial charge in [-0.3, -0.25) is 0 Å². The number of rotatable bonds is 5. The molecule has 2 N–H and O–H groups in total. The lowest BCUT2D eigenvalue weighted by Gasteiger charge is -2.45. The first-order valence-corrected chi connectivity index (χ1v) is 20.8. The van der Waals surface area contributed by atoms with Gasteiger partial charge in [-0.2, -0.15) is 0 Å². The number of para-hydroxylation sites is 4. The fourth-order valence-corrected chi connectivity index (χ4v) is 11.2. The van der Waals surface area contributed by atoms with Crippen molar-refractivity contribution in [3.05, 3.63) is 234 Å². The van der Waals surface area contributed by atoms with Crippen molar-refractivity contribution in [3.63, 3.8) is 0 Å². The van der Waals surface area contributed by atoms with E-state index in [1.807, 2.05) is 30.0 Å². The second-order valence-corrected chi connectivity index (χ2v) is 16.5. The van der Waals surface area contributed by atoms with Gasteiger partial charge in [0.1, 0.15) is 0 Å². The first-order chi connectivity index (χ1) is 28.7. The van der Waals surface area contributed by atoms with E-state index >= 15 is 0 Å². The summed E-state index contributed by atoms with van der Waals surface area (Å²) in [7, 11) is 0. The van der Waals surface area contributed by atoms with Gasteiger partial charge >= 0.3 is 0 Å². The molecule has 0 amide bonds. The highest BCUT2D eigenvalue weighted by Crippen LogP contribution is 2.61. The molecular weight excluding hydrogens is 723 g/mol. The van der Waals surface area contributed by atoms with Gasteiger partial charge in [0, 0.05) is 42.7 Å². The molecule has 1 unspecified atom stereocenters. The van der Waals surface area contributed by atoms with Crippen LogP contribution in [0, 0.1) is 0 Å². The van der Waals surface area contributed by atoms with Crippen molar-refractivity contribution in [1.82, 2.24) is 9.13 Å². The second kappa shape index (κ2) is 12.8. The zero-order chi connectivity index (χ0) is 38.4. The molecule has 0 saturated heterocycles. The summed E-state index contributed by atoms with van der Waals surface area (Å²) in [6.07, 6.45) is 5.27. The Labute approximate surface area is 341 Å². The van der Waals surface area contributed by atoms with Crippen molar-refractivity contribution in [2.24, 2.45) is 5.73 Å². The molecular formula is C54H37N3S. The van der Waals surface area contributed by atoms with Gasteiger partial charge in [-0.1, -0.05) is 169 Å². The Kier molecular flexibility index (Phi) is 7.29. The van der Waals surface area contributed by atoms with Crippen LogP contribution in [-0.4, -0.2) is 9.13 Å². The molecule has 0 saturated carbocycles. The van der Waals surface area contributed by atoms with Crippen LogP contribution in [0.3, 0.4) is 0 Å². The molecule has 0 radical (unpaired) electrons. The molecule has 58 heavy (non-hydrogen) atoms. The zero-order valence-electron chi connectivity index (χ0n) is 31.6. The largest absolute Gasteiger partial charge is 0.398 e. The third-order valence-electron chi connectivity index (χ3n) is 12.4. The van der Waals surface area contributed by atoms with E-state index in [2.05, 4.69) is 191 Å². The Hall–Kier alpha value is -7.01. The van der Waals surface area contributed by atoms with E-state index < -0.39 is 5.41 Å². The number of benzene rings is 8. The number of allylic oxidation sites excluding steroid dienone is 3. The lowest BCUT2D eigenvalue weighted by atomic mass is 9.62. The predicted octanol–water partition coefficient (Wildman–Crippen LogP) is 13.1. The van der Waals surface area contributed by atoms with Crippen LogP contribution in [0.4, 0.5) is 0 Å². The van der Waals surface area contributed by atoms with Crippen LogP contribution in [0.15, 0.2) is 210 Å². The van der Waals surface area contributed by atoms with Crippen molar-refractivity contribution in [3.8, 4) is 5.69 Å². The molecule has 1 atom stereocenters. The summed E-state index contributed by atoms with van der Waals surface area (Å²) in [6.45, 7) is 0. The van der Waals surface area contributed by atoms with E-state index in [9.17, 15) is 0 Å².